The van der Waals surface area contributed by atoms with Crippen molar-refractivity contribution in [3.63, 3.8) is 0 Å². The Labute approximate surface area is 278 Å². The standard InChI is InChI=1S/C34H38ClFN6O4S/c1-47(43,44)40-23-13-20-5-2-3-6-26(20)27(14-23)30-29(35)15-28-32(31(30)36)38-34(39-33(28)41-16-21-7-8-22(17-41)37-21)46-12-4-11-42-24-9-10-25(42)19-45-18-24/h2-3,5-6,13-15,21-22,24-25,37,40H,4,7-12,16-19H2,1H3. The molecule has 0 amide bonds. The zero-order chi connectivity index (χ0) is 32.3. The molecule has 3 aromatic carbocycles. The monoisotopic (exact) mass is 680 g/mol. The molecule has 13 heteroatoms. The van der Waals surface area contributed by atoms with Crippen molar-refractivity contribution >= 4 is 54.8 Å². The predicted molar refractivity (Wildman–Crippen MR) is 183 cm³/mol. The van der Waals surface area contributed by atoms with E-state index in [0.717, 1.165) is 69.1 Å². The number of benzene rings is 3. The summed E-state index contributed by atoms with van der Waals surface area (Å²) in [6.07, 6.45) is 6.38. The summed E-state index contributed by atoms with van der Waals surface area (Å²) in [7, 11) is -3.58. The molecule has 4 bridgehead atoms. The lowest BCUT2D eigenvalue weighted by Crippen LogP contribution is -2.51. The van der Waals surface area contributed by atoms with E-state index in [2.05, 4.69) is 24.8 Å². The highest BCUT2D eigenvalue weighted by molar-refractivity contribution is 7.92. The molecule has 2 N–H and O–H groups in total. The Balaban J connectivity index is 1.19. The van der Waals surface area contributed by atoms with E-state index >= 15 is 4.39 Å². The molecule has 1 aromatic heterocycles. The van der Waals surface area contributed by atoms with Gasteiger partial charge in [-0.2, -0.15) is 9.97 Å². The molecule has 0 radical (unpaired) electrons. The van der Waals surface area contributed by atoms with E-state index in [0.29, 0.717) is 53.2 Å². The highest BCUT2D eigenvalue weighted by atomic mass is 35.5. The zero-order valence-electron chi connectivity index (χ0n) is 26.2. The molecule has 8 rings (SSSR count). The van der Waals surface area contributed by atoms with E-state index in [1.165, 1.54) is 12.8 Å². The Morgan fingerprint density at radius 3 is 2.53 bits per heavy atom. The van der Waals surface area contributed by atoms with Crippen LogP contribution in [0.2, 0.25) is 5.02 Å². The van der Waals surface area contributed by atoms with E-state index in [1.807, 2.05) is 24.3 Å². The molecule has 4 saturated heterocycles. The largest absolute Gasteiger partial charge is 0.463 e. The minimum absolute atomic E-state index is 0.118. The summed E-state index contributed by atoms with van der Waals surface area (Å²) in [5.74, 6) is 0.00461. The van der Waals surface area contributed by atoms with E-state index in [9.17, 15) is 8.42 Å². The Bertz CT molecular complexity index is 1940. The van der Waals surface area contributed by atoms with Crippen molar-refractivity contribution < 1.29 is 22.3 Å². The molecule has 0 aliphatic carbocycles. The fourth-order valence-corrected chi connectivity index (χ4v) is 8.80. The molecule has 4 aromatic rings. The van der Waals surface area contributed by atoms with Crippen LogP contribution in [0, 0.1) is 5.82 Å². The summed E-state index contributed by atoms with van der Waals surface area (Å²) in [5, 5.41) is 5.83. The van der Waals surface area contributed by atoms with Crippen molar-refractivity contribution in [3.8, 4) is 17.1 Å². The molecule has 5 heterocycles. The molecule has 4 fully saturated rings. The minimum atomic E-state index is -3.58. The van der Waals surface area contributed by atoms with Gasteiger partial charge in [0.05, 0.1) is 31.1 Å². The molecule has 4 aliphatic heterocycles. The van der Waals surface area contributed by atoms with Crippen LogP contribution in [0.5, 0.6) is 6.01 Å². The number of hydrogen-bond acceptors (Lipinski definition) is 9. The SMILES string of the molecule is CS(=O)(=O)Nc1cc(-c2c(Cl)cc3c(N4CC5CCC(C4)N5)nc(OCCCN4C5CCC4COC5)nc3c2F)c2ccccc2c1. The minimum Gasteiger partial charge on any atom is -0.463 e. The maximum Gasteiger partial charge on any atom is 0.319 e. The average Bonchev–Trinajstić information content (AvgIpc) is 3.48. The van der Waals surface area contributed by atoms with Crippen LogP contribution in [-0.4, -0.2) is 93.2 Å². The first kappa shape index (κ1) is 31.0. The number of sulfonamides is 1. The van der Waals surface area contributed by atoms with E-state index in [4.69, 9.17) is 26.1 Å². The molecular formula is C34H38ClFN6O4S. The van der Waals surface area contributed by atoms with Gasteiger partial charge < -0.3 is 19.7 Å². The third-order valence-electron chi connectivity index (χ3n) is 9.98. The lowest BCUT2D eigenvalue weighted by atomic mass is 9.96. The number of anilines is 2. The molecule has 0 spiro atoms. The third-order valence-corrected chi connectivity index (χ3v) is 10.9. The molecule has 4 atom stereocenters. The topological polar surface area (TPSA) is 109 Å². The number of aromatic nitrogens is 2. The van der Waals surface area contributed by atoms with Crippen molar-refractivity contribution in [1.29, 1.82) is 0 Å². The Kier molecular flexibility index (Phi) is 8.12. The number of nitrogens with zero attached hydrogens (tertiary/aromatic N) is 4. The van der Waals surface area contributed by atoms with Gasteiger partial charge in [0.1, 0.15) is 11.3 Å². The molecule has 248 valence electrons. The van der Waals surface area contributed by atoms with Crippen molar-refractivity contribution in [2.45, 2.75) is 56.3 Å². The summed E-state index contributed by atoms with van der Waals surface area (Å²) in [4.78, 5) is 14.2. The number of halogens is 2. The smallest absolute Gasteiger partial charge is 0.319 e. The molecule has 10 nitrogen and oxygen atoms in total. The van der Waals surface area contributed by atoms with Crippen LogP contribution in [0.4, 0.5) is 15.9 Å². The Morgan fingerprint density at radius 1 is 1.04 bits per heavy atom. The summed E-state index contributed by atoms with van der Waals surface area (Å²) in [6, 6.07) is 14.2. The van der Waals surface area contributed by atoms with Crippen LogP contribution in [0.25, 0.3) is 32.8 Å². The number of rotatable bonds is 9. The number of fused-ring (bicyclic) bond motifs is 6. The first-order valence-electron chi connectivity index (χ1n) is 16.4. The van der Waals surface area contributed by atoms with Crippen molar-refractivity contribution in [1.82, 2.24) is 20.2 Å². The van der Waals surface area contributed by atoms with Crippen LogP contribution >= 0.6 is 11.6 Å². The highest BCUT2D eigenvalue weighted by Gasteiger charge is 2.37. The second-order valence-electron chi connectivity index (χ2n) is 13.3. The van der Waals surface area contributed by atoms with Crippen LogP contribution in [0.3, 0.4) is 0 Å². The fourth-order valence-electron chi connectivity index (χ4n) is 7.96. The van der Waals surface area contributed by atoms with Gasteiger partial charge in [0.25, 0.3) is 0 Å². The van der Waals surface area contributed by atoms with Gasteiger partial charge >= 0.3 is 6.01 Å². The first-order chi connectivity index (χ1) is 22.7. The van der Waals surface area contributed by atoms with Gasteiger partial charge in [0.2, 0.25) is 10.0 Å². The molecule has 4 unspecified atom stereocenters. The van der Waals surface area contributed by atoms with Crippen LogP contribution in [0.15, 0.2) is 42.5 Å². The Morgan fingerprint density at radius 2 is 1.79 bits per heavy atom. The van der Waals surface area contributed by atoms with Gasteiger partial charge in [-0.25, -0.2) is 12.8 Å². The molecular weight excluding hydrogens is 643 g/mol. The second-order valence-corrected chi connectivity index (χ2v) is 15.5. The predicted octanol–water partition coefficient (Wildman–Crippen LogP) is 5.19. The summed E-state index contributed by atoms with van der Waals surface area (Å²) in [5.41, 5.74) is 1.04. The number of morpholine rings is 1. The van der Waals surface area contributed by atoms with Gasteiger partial charge in [0.15, 0.2) is 5.82 Å². The van der Waals surface area contributed by atoms with Crippen LogP contribution in [-0.2, 0) is 14.8 Å². The normalized spacial score (nSPS) is 24.4. The molecule has 47 heavy (non-hydrogen) atoms. The van der Waals surface area contributed by atoms with Gasteiger partial charge in [-0.05, 0) is 66.6 Å². The molecule has 0 saturated carbocycles. The quantitative estimate of drug-likeness (QED) is 0.231. The summed E-state index contributed by atoms with van der Waals surface area (Å²) < 4.78 is 55.7. The van der Waals surface area contributed by atoms with Crippen molar-refractivity contribution in [2.24, 2.45) is 0 Å². The van der Waals surface area contributed by atoms with E-state index in [1.54, 1.807) is 18.2 Å². The highest BCUT2D eigenvalue weighted by Crippen LogP contribution is 2.43. The maximum absolute atomic E-state index is 17.0. The third kappa shape index (κ3) is 6.10. The molecule has 4 aliphatic rings. The number of nitrogens with one attached hydrogen (secondary N) is 2. The van der Waals surface area contributed by atoms with Gasteiger partial charge in [0, 0.05) is 60.4 Å². The van der Waals surface area contributed by atoms with Crippen LogP contribution in [0.1, 0.15) is 32.1 Å². The van der Waals surface area contributed by atoms with E-state index < -0.39 is 15.8 Å². The van der Waals surface area contributed by atoms with Gasteiger partial charge in [-0.15, -0.1) is 0 Å². The van der Waals surface area contributed by atoms with Crippen molar-refractivity contribution in [2.75, 3.05) is 55.3 Å². The Hall–Kier alpha value is -3.29. The fraction of sp³-hybridized carbons (Fsp3) is 0.471. The van der Waals surface area contributed by atoms with E-state index in [-0.39, 0.29) is 22.1 Å². The lowest BCUT2D eigenvalue weighted by Gasteiger charge is -2.34. The number of piperazine rings is 1. The summed E-state index contributed by atoms with van der Waals surface area (Å²) in [6.45, 7) is 4.36. The van der Waals surface area contributed by atoms with Crippen LogP contribution < -0.4 is 19.7 Å². The van der Waals surface area contributed by atoms with Crippen molar-refractivity contribution in [3.05, 3.63) is 53.3 Å². The maximum atomic E-state index is 17.0. The number of hydrogen-bond donors (Lipinski definition) is 2. The second kappa shape index (κ2) is 12.3. The average molecular weight is 681 g/mol. The number of ether oxygens (including phenoxy) is 2. The first-order valence-corrected chi connectivity index (χ1v) is 18.6. The van der Waals surface area contributed by atoms with Gasteiger partial charge in [-0.3, -0.25) is 9.62 Å². The lowest BCUT2D eigenvalue weighted by molar-refractivity contribution is -0.0161. The summed E-state index contributed by atoms with van der Waals surface area (Å²) >= 11 is 6.94. The zero-order valence-corrected chi connectivity index (χ0v) is 27.8. The van der Waals surface area contributed by atoms with Gasteiger partial charge in [-0.1, -0.05) is 35.9 Å².